The van der Waals surface area contributed by atoms with Crippen molar-refractivity contribution in [3.05, 3.63) is 113 Å². The van der Waals surface area contributed by atoms with Gasteiger partial charge in [-0.05, 0) is 48.4 Å². The zero-order chi connectivity index (χ0) is 18.8. The Morgan fingerprint density at radius 3 is 1.78 bits per heavy atom. The molecule has 4 aromatic rings. The van der Waals surface area contributed by atoms with E-state index >= 15 is 0 Å². The van der Waals surface area contributed by atoms with Crippen LogP contribution in [0.1, 0.15) is 22.9 Å². The van der Waals surface area contributed by atoms with E-state index in [1.807, 2.05) is 48.0 Å². The summed E-state index contributed by atoms with van der Waals surface area (Å²) in [7, 11) is 0. The molecule has 134 valence electrons. The zero-order valence-corrected chi connectivity index (χ0v) is 14.8. The fourth-order valence-electron chi connectivity index (χ4n) is 3.26. The summed E-state index contributed by atoms with van der Waals surface area (Å²) in [6.45, 7) is 1.99. The lowest BCUT2D eigenvalue weighted by atomic mass is 9.98. The SMILES string of the molecule is Cc1cc(-c2ccccc2)nn1C(c1ccc(F)cc1)c1ccc(F)cc1. The third kappa shape index (κ3) is 3.51. The largest absolute Gasteiger partial charge is 0.257 e. The standard InChI is InChI=1S/C23H18F2N2/c1-16-15-22(17-5-3-2-4-6-17)26-27(16)23(18-7-11-20(24)12-8-18)19-9-13-21(25)14-10-19/h2-15,23H,1H3. The van der Waals surface area contributed by atoms with E-state index in [0.717, 1.165) is 28.1 Å². The van der Waals surface area contributed by atoms with Gasteiger partial charge in [0.1, 0.15) is 17.7 Å². The van der Waals surface area contributed by atoms with Crippen molar-refractivity contribution in [1.29, 1.82) is 0 Å². The number of aryl methyl sites for hydroxylation is 1. The summed E-state index contributed by atoms with van der Waals surface area (Å²) in [4.78, 5) is 0. The average molecular weight is 360 g/mol. The number of hydrogen-bond acceptors (Lipinski definition) is 1. The van der Waals surface area contributed by atoms with Crippen molar-refractivity contribution in [2.75, 3.05) is 0 Å². The summed E-state index contributed by atoms with van der Waals surface area (Å²) in [5.74, 6) is -0.586. The van der Waals surface area contributed by atoms with Crippen LogP contribution in [0.25, 0.3) is 11.3 Å². The van der Waals surface area contributed by atoms with Gasteiger partial charge in [-0.25, -0.2) is 8.78 Å². The molecule has 0 aliphatic heterocycles. The van der Waals surface area contributed by atoms with Gasteiger partial charge in [-0.15, -0.1) is 0 Å². The average Bonchev–Trinajstić information content (AvgIpc) is 3.07. The Bertz CT molecular complexity index is 991. The maximum absolute atomic E-state index is 13.4. The Balaban J connectivity index is 1.85. The minimum absolute atomic E-state index is 0.274. The normalized spacial score (nSPS) is 11.1. The quantitative estimate of drug-likeness (QED) is 0.451. The van der Waals surface area contributed by atoms with Crippen LogP contribution in [-0.2, 0) is 0 Å². The summed E-state index contributed by atoms with van der Waals surface area (Å²) in [6.07, 6.45) is 0. The van der Waals surface area contributed by atoms with Gasteiger partial charge in [-0.1, -0.05) is 54.6 Å². The van der Waals surface area contributed by atoms with Crippen LogP contribution < -0.4 is 0 Å². The van der Waals surface area contributed by atoms with Crippen molar-refractivity contribution in [3.63, 3.8) is 0 Å². The van der Waals surface area contributed by atoms with Crippen molar-refractivity contribution in [3.8, 4) is 11.3 Å². The molecule has 4 heteroatoms. The first-order valence-electron chi connectivity index (χ1n) is 8.74. The van der Waals surface area contributed by atoms with Gasteiger partial charge in [0.25, 0.3) is 0 Å². The van der Waals surface area contributed by atoms with Gasteiger partial charge in [0.05, 0.1) is 5.69 Å². The van der Waals surface area contributed by atoms with E-state index in [2.05, 4.69) is 0 Å². The van der Waals surface area contributed by atoms with E-state index in [0.29, 0.717) is 0 Å². The van der Waals surface area contributed by atoms with Crippen molar-refractivity contribution in [2.45, 2.75) is 13.0 Å². The second-order valence-electron chi connectivity index (χ2n) is 6.49. The third-order valence-electron chi connectivity index (χ3n) is 4.61. The number of aromatic nitrogens is 2. The zero-order valence-electron chi connectivity index (χ0n) is 14.8. The number of benzene rings is 3. The van der Waals surface area contributed by atoms with E-state index in [4.69, 9.17) is 5.10 Å². The molecule has 0 amide bonds. The van der Waals surface area contributed by atoms with Crippen LogP contribution >= 0.6 is 0 Å². The third-order valence-corrected chi connectivity index (χ3v) is 4.61. The molecule has 3 aromatic carbocycles. The first kappa shape index (κ1) is 17.2. The molecule has 0 saturated carbocycles. The number of halogens is 2. The van der Waals surface area contributed by atoms with E-state index in [-0.39, 0.29) is 17.7 Å². The fourth-order valence-corrected chi connectivity index (χ4v) is 3.26. The highest BCUT2D eigenvalue weighted by Gasteiger charge is 2.20. The molecule has 0 spiro atoms. The van der Waals surface area contributed by atoms with Crippen LogP contribution in [0.3, 0.4) is 0 Å². The molecule has 0 N–H and O–H groups in total. The molecule has 2 nitrogen and oxygen atoms in total. The number of hydrogen-bond donors (Lipinski definition) is 0. The maximum Gasteiger partial charge on any atom is 0.123 e. The monoisotopic (exact) mass is 360 g/mol. The lowest BCUT2D eigenvalue weighted by Gasteiger charge is -2.20. The molecule has 0 fully saturated rings. The number of rotatable bonds is 4. The van der Waals surface area contributed by atoms with Crippen LogP contribution in [-0.4, -0.2) is 9.78 Å². The summed E-state index contributed by atoms with van der Waals surface area (Å²) < 4.78 is 28.8. The van der Waals surface area contributed by atoms with E-state index in [1.54, 1.807) is 24.3 Å². The Morgan fingerprint density at radius 1 is 0.741 bits per heavy atom. The molecule has 0 unspecified atom stereocenters. The van der Waals surface area contributed by atoms with Crippen LogP contribution in [0.4, 0.5) is 8.78 Å². The second-order valence-corrected chi connectivity index (χ2v) is 6.49. The summed E-state index contributed by atoms with van der Waals surface area (Å²) in [5.41, 5.74) is 4.62. The molecule has 4 rings (SSSR count). The summed E-state index contributed by atoms with van der Waals surface area (Å²) >= 11 is 0. The predicted molar refractivity (Wildman–Crippen MR) is 102 cm³/mol. The highest BCUT2D eigenvalue weighted by atomic mass is 19.1. The van der Waals surface area contributed by atoms with Crippen LogP contribution in [0.5, 0.6) is 0 Å². The predicted octanol–water partition coefficient (Wildman–Crippen LogP) is 5.77. The topological polar surface area (TPSA) is 17.8 Å². The van der Waals surface area contributed by atoms with Gasteiger partial charge in [-0.2, -0.15) is 5.10 Å². The smallest absolute Gasteiger partial charge is 0.123 e. The molecule has 0 radical (unpaired) electrons. The first-order valence-corrected chi connectivity index (χ1v) is 8.74. The van der Waals surface area contributed by atoms with Crippen LogP contribution in [0.15, 0.2) is 84.9 Å². The van der Waals surface area contributed by atoms with Crippen molar-refractivity contribution in [1.82, 2.24) is 9.78 Å². The van der Waals surface area contributed by atoms with Crippen LogP contribution in [0.2, 0.25) is 0 Å². The van der Waals surface area contributed by atoms with Gasteiger partial charge in [0, 0.05) is 11.3 Å². The fraction of sp³-hybridized carbons (Fsp3) is 0.0870. The summed E-state index contributed by atoms with van der Waals surface area (Å²) in [6, 6.07) is 24.4. The van der Waals surface area contributed by atoms with Gasteiger partial charge < -0.3 is 0 Å². The lowest BCUT2D eigenvalue weighted by Crippen LogP contribution is -2.15. The van der Waals surface area contributed by atoms with E-state index in [9.17, 15) is 8.78 Å². The van der Waals surface area contributed by atoms with Gasteiger partial charge in [0.2, 0.25) is 0 Å². The minimum Gasteiger partial charge on any atom is -0.257 e. The second kappa shape index (κ2) is 7.16. The Labute approximate surface area is 156 Å². The molecular formula is C23H18F2N2. The molecule has 0 aliphatic carbocycles. The highest BCUT2D eigenvalue weighted by Crippen LogP contribution is 2.30. The molecule has 27 heavy (non-hydrogen) atoms. The molecule has 0 atom stereocenters. The van der Waals surface area contributed by atoms with Crippen molar-refractivity contribution < 1.29 is 8.78 Å². The van der Waals surface area contributed by atoms with Gasteiger partial charge >= 0.3 is 0 Å². The Kier molecular flexibility index (Phi) is 4.55. The lowest BCUT2D eigenvalue weighted by molar-refractivity contribution is 0.574. The van der Waals surface area contributed by atoms with Crippen molar-refractivity contribution in [2.24, 2.45) is 0 Å². The molecular weight excluding hydrogens is 342 g/mol. The Morgan fingerprint density at radius 2 is 1.26 bits per heavy atom. The van der Waals surface area contributed by atoms with E-state index in [1.165, 1.54) is 24.3 Å². The highest BCUT2D eigenvalue weighted by molar-refractivity contribution is 5.59. The first-order chi connectivity index (χ1) is 13.1. The maximum atomic E-state index is 13.4. The molecule has 0 aliphatic rings. The van der Waals surface area contributed by atoms with E-state index < -0.39 is 0 Å². The molecule has 0 saturated heterocycles. The molecule has 0 bridgehead atoms. The molecule has 1 aromatic heterocycles. The minimum atomic E-state index is -0.293. The Hall–Kier alpha value is -3.27. The van der Waals surface area contributed by atoms with Gasteiger partial charge in [0.15, 0.2) is 0 Å². The van der Waals surface area contributed by atoms with Crippen LogP contribution in [0, 0.1) is 18.6 Å². The number of nitrogens with zero attached hydrogens (tertiary/aromatic N) is 2. The summed E-state index contributed by atoms with van der Waals surface area (Å²) in [5, 5.41) is 4.81. The van der Waals surface area contributed by atoms with Gasteiger partial charge in [-0.3, -0.25) is 4.68 Å². The molecule has 1 heterocycles. The van der Waals surface area contributed by atoms with Crippen molar-refractivity contribution >= 4 is 0 Å².